The molecular weight excluding hydrogens is 242 g/mol. The highest BCUT2D eigenvalue weighted by molar-refractivity contribution is 5.76. The molecule has 6 nitrogen and oxygen atoms in total. The largest absolute Gasteiger partial charge is 0.340 e. The van der Waals surface area contributed by atoms with Crippen LogP contribution in [0.4, 0.5) is 0 Å². The number of hydrogen-bond acceptors (Lipinski definition) is 4. The molecule has 0 spiro atoms. The van der Waals surface area contributed by atoms with E-state index in [2.05, 4.69) is 15.2 Å². The van der Waals surface area contributed by atoms with Crippen molar-refractivity contribution in [2.45, 2.75) is 13.0 Å². The first-order valence-corrected chi connectivity index (χ1v) is 6.80. The summed E-state index contributed by atoms with van der Waals surface area (Å²) >= 11 is 0. The zero-order valence-electron chi connectivity index (χ0n) is 11.8. The number of rotatable bonds is 5. The van der Waals surface area contributed by atoms with E-state index >= 15 is 0 Å². The van der Waals surface area contributed by atoms with Gasteiger partial charge in [-0.25, -0.2) is 4.98 Å². The van der Waals surface area contributed by atoms with Crippen LogP contribution in [0.2, 0.25) is 0 Å². The molecule has 0 radical (unpaired) electrons. The molecule has 1 fully saturated rings. The second-order valence-electron chi connectivity index (χ2n) is 5.07. The molecule has 1 N–H and O–H groups in total. The molecule has 2 rings (SSSR count). The maximum absolute atomic E-state index is 12.0. The number of aryl methyl sites for hydroxylation is 1. The molecule has 1 aromatic heterocycles. The fourth-order valence-corrected chi connectivity index (χ4v) is 2.23. The Kier molecular flexibility index (Phi) is 4.93. The van der Waals surface area contributed by atoms with Crippen LogP contribution in [0.25, 0.3) is 0 Å². The zero-order chi connectivity index (χ0) is 13.7. The third-order valence-corrected chi connectivity index (χ3v) is 3.51. The summed E-state index contributed by atoms with van der Waals surface area (Å²) in [5.41, 5.74) is 0. The minimum Gasteiger partial charge on any atom is -0.340 e. The number of amides is 1. The molecule has 0 aromatic carbocycles. The van der Waals surface area contributed by atoms with Gasteiger partial charge in [0, 0.05) is 58.6 Å². The summed E-state index contributed by atoms with van der Waals surface area (Å²) in [6.45, 7) is 5.04. The third kappa shape index (κ3) is 4.04. The summed E-state index contributed by atoms with van der Waals surface area (Å²) in [7, 11) is 4.02. The van der Waals surface area contributed by atoms with Gasteiger partial charge in [0.2, 0.25) is 5.91 Å². The van der Waals surface area contributed by atoms with Crippen molar-refractivity contribution in [3.63, 3.8) is 0 Å². The Hall–Kier alpha value is -1.40. The minimum atomic E-state index is 0.258. The van der Waals surface area contributed by atoms with Gasteiger partial charge in [0.25, 0.3) is 0 Å². The Morgan fingerprint density at radius 3 is 2.84 bits per heavy atom. The minimum absolute atomic E-state index is 0.258. The molecule has 0 unspecified atom stereocenters. The lowest BCUT2D eigenvalue weighted by atomic mass is 10.3. The molecule has 0 aliphatic carbocycles. The summed E-state index contributed by atoms with van der Waals surface area (Å²) in [5, 5.41) is 3.26. The SMILES string of the molecule is CN(CCC(=O)N1CCNCC1)Cc1nccn1C. The van der Waals surface area contributed by atoms with Crippen LogP contribution >= 0.6 is 0 Å². The number of imidazole rings is 1. The lowest BCUT2D eigenvalue weighted by Gasteiger charge is -2.28. The number of aromatic nitrogens is 2. The van der Waals surface area contributed by atoms with Crippen molar-refractivity contribution in [3.8, 4) is 0 Å². The van der Waals surface area contributed by atoms with E-state index in [-0.39, 0.29) is 5.91 Å². The maximum atomic E-state index is 12.0. The van der Waals surface area contributed by atoms with Crippen molar-refractivity contribution in [1.82, 2.24) is 24.7 Å². The van der Waals surface area contributed by atoms with Crippen LogP contribution in [-0.4, -0.2) is 65.0 Å². The van der Waals surface area contributed by atoms with Crippen LogP contribution < -0.4 is 5.32 Å². The predicted molar refractivity (Wildman–Crippen MR) is 73.6 cm³/mol. The first kappa shape index (κ1) is 14.0. The number of carbonyl (C=O) groups excluding carboxylic acids is 1. The Balaban J connectivity index is 1.72. The molecule has 1 saturated heterocycles. The number of carbonyl (C=O) groups is 1. The Labute approximate surface area is 114 Å². The van der Waals surface area contributed by atoms with E-state index in [0.29, 0.717) is 6.42 Å². The quantitative estimate of drug-likeness (QED) is 0.792. The average Bonchev–Trinajstić information content (AvgIpc) is 2.82. The van der Waals surface area contributed by atoms with Gasteiger partial charge in [0.05, 0.1) is 6.54 Å². The van der Waals surface area contributed by atoms with Crippen molar-refractivity contribution in [2.24, 2.45) is 7.05 Å². The molecule has 1 aromatic rings. The highest BCUT2D eigenvalue weighted by Crippen LogP contribution is 2.02. The van der Waals surface area contributed by atoms with Crippen LogP contribution in [0.3, 0.4) is 0 Å². The number of nitrogens with one attached hydrogen (secondary N) is 1. The normalized spacial score (nSPS) is 16.1. The van der Waals surface area contributed by atoms with E-state index in [1.165, 1.54) is 0 Å². The molecule has 2 heterocycles. The molecule has 6 heteroatoms. The van der Waals surface area contributed by atoms with Crippen LogP contribution in [0, 0.1) is 0 Å². The number of nitrogens with zero attached hydrogens (tertiary/aromatic N) is 4. The molecule has 1 aliphatic rings. The van der Waals surface area contributed by atoms with Crippen LogP contribution in [-0.2, 0) is 18.4 Å². The first-order chi connectivity index (χ1) is 9.16. The number of piperazine rings is 1. The molecule has 1 aliphatic heterocycles. The Bertz CT molecular complexity index is 411. The van der Waals surface area contributed by atoms with Crippen molar-refractivity contribution >= 4 is 5.91 Å². The Morgan fingerprint density at radius 1 is 1.47 bits per heavy atom. The zero-order valence-corrected chi connectivity index (χ0v) is 11.8. The molecule has 0 saturated carbocycles. The van der Waals surface area contributed by atoms with Gasteiger partial charge in [-0.1, -0.05) is 0 Å². The molecule has 1 amide bonds. The monoisotopic (exact) mass is 265 g/mol. The van der Waals surface area contributed by atoms with E-state index < -0.39 is 0 Å². The van der Waals surface area contributed by atoms with Gasteiger partial charge in [-0.15, -0.1) is 0 Å². The lowest BCUT2D eigenvalue weighted by Crippen LogP contribution is -2.47. The molecule has 0 atom stereocenters. The van der Waals surface area contributed by atoms with Crippen LogP contribution in [0.15, 0.2) is 12.4 Å². The molecular formula is C13H23N5O. The molecule has 19 heavy (non-hydrogen) atoms. The fraction of sp³-hybridized carbons (Fsp3) is 0.692. The highest BCUT2D eigenvalue weighted by atomic mass is 16.2. The standard InChI is InChI=1S/C13H23N5O/c1-16(11-12-15-6-8-17(12)2)7-3-13(19)18-9-4-14-5-10-18/h6,8,14H,3-5,7,9-11H2,1-2H3. The average molecular weight is 265 g/mol. The smallest absolute Gasteiger partial charge is 0.223 e. The van der Waals surface area contributed by atoms with Crippen molar-refractivity contribution in [3.05, 3.63) is 18.2 Å². The van der Waals surface area contributed by atoms with Gasteiger partial charge in [-0.3, -0.25) is 9.69 Å². The van der Waals surface area contributed by atoms with Gasteiger partial charge >= 0.3 is 0 Å². The predicted octanol–water partition coefficient (Wildman–Crippen LogP) is -0.326. The van der Waals surface area contributed by atoms with E-state index in [1.54, 1.807) is 6.20 Å². The third-order valence-electron chi connectivity index (χ3n) is 3.51. The summed E-state index contributed by atoms with van der Waals surface area (Å²) in [5.74, 6) is 1.28. The topological polar surface area (TPSA) is 53.4 Å². The lowest BCUT2D eigenvalue weighted by molar-refractivity contribution is -0.132. The van der Waals surface area contributed by atoms with Crippen LogP contribution in [0.1, 0.15) is 12.2 Å². The van der Waals surface area contributed by atoms with Crippen molar-refractivity contribution < 1.29 is 4.79 Å². The van der Waals surface area contributed by atoms with Gasteiger partial charge in [-0.05, 0) is 7.05 Å². The van der Waals surface area contributed by atoms with Gasteiger partial charge < -0.3 is 14.8 Å². The van der Waals surface area contributed by atoms with Gasteiger partial charge in [0.15, 0.2) is 0 Å². The number of hydrogen-bond donors (Lipinski definition) is 1. The summed E-state index contributed by atoms with van der Waals surface area (Å²) < 4.78 is 2.01. The van der Waals surface area contributed by atoms with Gasteiger partial charge in [0.1, 0.15) is 5.82 Å². The second-order valence-corrected chi connectivity index (χ2v) is 5.07. The second kappa shape index (κ2) is 6.68. The highest BCUT2D eigenvalue weighted by Gasteiger charge is 2.16. The Morgan fingerprint density at radius 2 is 2.21 bits per heavy atom. The van der Waals surface area contributed by atoms with E-state index in [9.17, 15) is 4.79 Å². The first-order valence-electron chi connectivity index (χ1n) is 6.80. The molecule has 0 bridgehead atoms. The van der Waals surface area contributed by atoms with E-state index in [1.807, 2.05) is 29.8 Å². The summed E-state index contributed by atoms with van der Waals surface area (Å²) in [6, 6.07) is 0. The van der Waals surface area contributed by atoms with E-state index in [4.69, 9.17) is 0 Å². The summed E-state index contributed by atoms with van der Waals surface area (Å²) in [6.07, 6.45) is 4.32. The van der Waals surface area contributed by atoms with Crippen molar-refractivity contribution in [2.75, 3.05) is 39.8 Å². The summed E-state index contributed by atoms with van der Waals surface area (Å²) in [4.78, 5) is 20.4. The fourth-order valence-electron chi connectivity index (χ4n) is 2.23. The van der Waals surface area contributed by atoms with Crippen molar-refractivity contribution in [1.29, 1.82) is 0 Å². The molecule has 106 valence electrons. The van der Waals surface area contributed by atoms with Gasteiger partial charge in [-0.2, -0.15) is 0 Å². The van der Waals surface area contributed by atoms with E-state index in [0.717, 1.165) is 45.1 Å². The van der Waals surface area contributed by atoms with Crippen LogP contribution in [0.5, 0.6) is 0 Å². The maximum Gasteiger partial charge on any atom is 0.223 e.